The van der Waals surface area contributed by atoms with Crippen molar-refractivity contribution in [3.8, 4) is 0 Å². The Bertz CT molecular complexity index is 98.9. The Balaban J connectivity index is 3.05. The van der Waals surface area contributed by atoms with Gasteiger partial charge in [0.25, 0.3) is 0 Å². The molecule has 0 spiro atoms. The van der Waals surface area contributed by atoms with Crippen LogP contribution in [-0.4, -0.2) is 49.8 Å². The van der Waals surface area contributed by atoms with Gasteiger partial charge in [0.2, 0.25) is 0 Å². The third-order valence-electron chi connectivity index (χ3n) is 2.12. The summed E-state index contributed by atoms with van der Waals surface area (Å²) in [4.78, 5) is 2.33. The van der Waals surface area contributed by atoms with Crippen molar-refractivity contribution in [2.75, 3.05) is 39.8 Å². The van der Waals surface area contributed by atoms with Crippen molar-refractivity contribution in [3.63, 3.8) is 0 Å². The second-order valence-corrected chi connectivity index (χ2v) is 3.44. The van der Waals surface area contributed by atoms with Gasteiger partial charge in [-0.1, -0.05) is 6.92 Å². The number of aliphatic hydroxyl groups excluding tert-OH is 1. The Morgan fingerprint density at radius 1 is 1.15 bits per heavy atom. The molecule has 0 saturated heterocycles. The van der Waals surface area contributed by atoms with E-state index >= 15 is 0 Å². The zero-order chi connectivity index (χ0) is 9.94. The van der Waals surface area contributed by atoms with E-state index in [2.05, 4.69) is 24.2 Å². The maximum Gasteiger partial charge on any atom is 0.0431 e. The van der Waals surface area contributed by atoms with Crippen LogP contribution in [0.4, 0.5) is 0 Å². The molecule has 3 heteroatoms. The number of aliphatic hydroxyl groups is 1. The topological polar surface area (TPSA) is 35.5 Å². The number of rotatable bonds is 9. The van der Waals surface area contributed by atoms with E-state index < -0.39 is 0 Å². The van der Waals surface area contributed by atoms with E-state index in [4.69, 9.17) is 5.11 Å². The van der Waals surface area contributed by atoms with Crippen LogP contribution in [0.1, 0.15) is 26.2 Å². The van der Waals surface area contributed by atoms with E-state index in [1.54, 1.807) is 0 Å². The first-order valence-corrected chi connectivity index (χ1v) is 5.31. The normalized spacial score (nSPS) is 11.1. The van der Waals surface area contributed by atoms with E-state index in [0.717, 1.165) is 39.0 Å². The summed E-state index contributed by atoms with van der Waals surface area (Å²) >= 11 is 0. The molecule has 0 fully saturated rings. The summed E-state index contributed by atoms with van der Waals surface area (Å²) in [6.45, 7) is 6.85. The van der Waals surface area contributed by atoms with Gasteiger partial charge in [0, 0.05) is 19.7 Å². The van der Waals surface area contributed by atoms with Gasteiger partial charge in [-0.2, -0.15) is 0 Å². The summed E-state index contributed by atoms with van der Waals surface area (Å²) in [6, 6.07) is 0. The number of unbranched alkanes of at least 4 members (excludes halogenated alkanes) is 2. The first-order chi connectivity index (χ1) is 6.31. The molecule has 0 aromatic rings. The van der Waals surface area contributed by atoms with Gasteiger partial charge in [-0.15, -0.1) is 0 Å². The van der Waals surface area contributed by atoms with Crippen LogP contribution in [0.25, 0.3) is 0 Å². The fourth-order valence-corrected chi connectivity index (χ4v) is 1.23. The first kappa shape index (κ1) is 12.9. The molecule has 0 saturated carbocycles. The van der Waals surface area contributed by atoms with Crippen LogP contribution in [0.3, 0.4) is 0 Å². The van der Waals surface area contributed by atoms with Crippen LogP contribution in [0.15, 0.2) is 0 Å². The summed E-state index contributed by atoms with van der Waals surface area (Å²) in [6.07, 6.45) is 3.28. The van der Waals surface area contributed by atoms with Gasteiger partial charge >= 0.3 is 0 Å². The molecule has 3 nitrogen and oxygen atoms in total. The van der Waals surface area contributed by atoms with E-state index in [1.165, 1.54) is 6.42 Å². The predicted molar refractivity (Wildman–Crippen MR) is 57.0 cm³/mol. The molecular formula is C10H24N2O. The smallest absolute Gasteiger partial charge is 0.0431 e. The number of hydrogen-bond donors (Lipinski definition) is 2. The Hall–Kier alpha value is -0.120. The van der Waals surface area contributed by atoms with Crippen LogP contribution in [0, 0.1) is 0 Å². The molecule has 0 heterocycles. The third kappa shape index (κ3) is 9.80. The molecule has 0 aromatic heterocycles. The quantitative estimate of drug-likeness (QED) is 0.523. The molecule has 0 atom stereocenters. The highest BCUT2D eigenvalue weighted by atomic mass is 16.2. The Morgan fingerprint density at radius 3 is 2.54 bits per heavy atom. The van der Waals surface area contributed by atoms with Crippen molar-refractivity contribution in [2.45, 2.75) is 26.2 Å². The number of nitrogens with one attached hydrogen (secondary N) is 1. The van der Waals surface area contributed by atoms with Crippen molar-refractivity contribution in [1.82, 2.24) is 10.2 Å². The minimum atomic E-state index is 0.334. The lowest BCUT2D eigenvalue weighted by molar-refractivity contribution is 0.273. The molecule has 0 aromatic carbocycles. The molecule has 80 valence electrons. The molecule has 13 heavy (non-hydrogen) atoms. The summed E-state index contributed by atoms with van der Waals surface area (Å²) in [5, 5.41) is 11.9. The fourth-order valence-electron chi connectivity index (χ4n) is 1.23. The number of hydrogen-bond acceptors (Lipinski definition) is 3. The van der Waals surface area contributed by atoms with E-state index in [9.17, 15) is 0 Å². The third-order valence-corrected chi connectivity index (χ3v) is 2.12. The minimum Gasteiger partial charge on any atom is -0.396 e. The molecule has 0 aliphatic rings. The van der Waals surface area contributed by atoms with Gasteiger partial charge in [0.15, 0.2) is 0 Å². The molecule has 0 aliphatic carbocycles. The van der Waals surface area contributed by atoms with Crippen molar-refractivity contribution in [2.24, 2.45) is 0 Å². The summed E-state index contributed by atoms with van der Waals surface area (Å²) in [5.41, 5.74) is 0. The number of nitrogens with zero attached hydrogens (tertiary/aromatic N) is 1. The molecule has 0 radical (unpaired) electrons. The van der Waals surface area contributed by atoms with Crippen LogP contribution in [-0.2, 0) is 0 Å². The maximum atomic E-state index is 8.58. The van der Waals surface area contributed by atoms with Gasteiger partial charge in [-0.25, -0.2) is 0 Å². The van der Waals surface area contributed by atoms with Gasteiger partial charge in [-0.3, -0.25) is 0 Å². The SMILES string of the molecule is CCNCCN(C)CCCCCO. The van der Waals surface area contributed by atoms with Gasteiger partial charge in [0.05, 0.1) is 0 Å². The first-order valence-electron chi connectivity index (χ1n) is 5.31. The lowest BCUT2D eigenvalue weighted by atomic mass is 10.2. The molecule has 0 unspecified atom stereocenters. The average Bonchev–Trinajstić information content (AvgIpc) is 2.13. The second-order valence-electron chi connectivity index (χ2n) is 3.44. The minimum absolute atomic E-state index is 0.334. The largest absolute Gasteiger partial charge is 0.396 e. The Labute approximate surface area is 82.1 Å². The standard InChI is InChI=1S/C10H24N2O/c1-3-11-7-9-12(2)8-5-4-6-10-13/h11,13H,3-10H2,1-2H3. The predicted octanol–water partition coefficient (Wildman–Crippen LogP) is 0.690. The van der Waals surface area contributed by atoms with Gasteiger partial charge in [-0.05, 0) is 39.4 Å². The zero-order valence-corrected chi connectivity index (χ0v) is 9.05. The fraction of sp³-hybridized carbons (Fsp3) is 1.00. The van der Waals surface area contributed by atoms with E-state index in [-0.39, 0.29) is 0 Å². The van der Waals surface area contributed by atoms with Crippen LogP contribution >= 0.6 is 0 Å². The highest BCUT2D eigenvalue weighted by Gasteiger charge is 1.96. The second kappa shape index (κ2) is 9.96. The molecule has 0 aliphatic heterocycles. The van der Waals surface area contributed by atoms with E-state index in [1.807, 2.05) is 0 Å². The maximum absolute atomic E-state index is 8.58. The molecule has 0 amide bonds. The lowest BCUT2D eigenvalue weighted by Gasteiger charge is -2.16. The average molecular weight is 188 g/mol. The molecular weight excluding hydrogens is 164 g/mol. The van der Waals surface area contributed by atoms with Gasteiger partial charge in [0.1, 0.15) is 0 Å². The van der Waals surface area contributed by atoms with Crippen LogP contribution in [0.2, 0.25) is 0 Å². The van der Waals surface area contributed by atoms with Crippen molar-refractivity contribution in [3.05, 3.63) is 0 Å². The number of likely N-dealkylation sites (N-methyl/N-ethyl adjacent to an activating group) is 2. The Morgan fingerprint density at radius 2 is 1.92 bits per heavy atom. The highest BCUT2D eigenvalue weighted by Crippen LogP contribution is 1.95. The van der Waals surface area contributed by atoms with Gasteiger partial charge < -0.3 is 15.3 Å². The Kier molecular flexibility index (Phi) is 9.87. The van der Waals surface area contributed by atoms with E-state index in [0.29, 0.717) is 6.61 Å². The van der Waals surface area contributed by atoms with Crippen molar-refractivity contribution in [1.29, 1.82) is 0 Å². The summed E-state index contributed by atoms with van der Waals surface area (Å²) in [7, 11) is 2.15. The highest BCUT2D eigenvalue weighted by molar-refractivity contribution is 4.54. The molecule has 2 N–H and O–H groups in total. The molecule has 0 bridgehead atoms. The summed E-state index contributed by atoms with van der Waals surface area (Å²) in [5.74, 6) is 0. The van der Waals surface area contributed by atoms with Crippen LogP contribution in [0.5, 0.6) is 0 Å². The summed E-state index contributed by atoms with van der Waals surface area (Å²) < 4.78 is 0. The monoisotopic (exact) mass is 188 g/mol. The zero-order valence-electron chi connectivity index (χ0n) is 9.05. The van der Waals surface area contributed by atoms with Crippen molar-refractivity contribution < 1.29 is 5.11 Å². The molecule has 0 rings (SSSR count). The lowest BCUT2D eigenvalue weighted by Crippen LogP contribution is -2.29. The van der Waals surface area contributed by atoms with Crippen LogP contribution < -0.4 is 5.32 Å². The van der Waals surface area contributed by atoms with Crippen molar-refractivity contribution >= 4 is 0 Å².